The molecule has 0 spiro atoms. The fraction of sp³-hybridized carbons (Fsp3) is 0. The highest BCUT2D eigenvalue weighted by atomic mass is 32.1. The molecule has 0 aliphatic rings. The van der Waals surface area contributed by atoms with E-state index in [0.717, 1.165) is 5.69 Å². The van der Waals surface area contributed by atoms with Crippen molar-refractivity contribution in [2.75, 3.05) is 4.90 Å². The first kappa shape index (κ1) is 30.0. The molecule has 0 N–H and O–H groups in total. The van der Waals surface area contributed by atoms with Gasteiger partial charge in [0.2, 0.25) is 0 Å². The van der Waals surface area contributed by atoms with Crippen LogP contribution in [0.15, 0.2) is 164 Å². The Morgan fingerprint density at radius 3 is 1.38 bits per heavy atom. The molecular formula is C48H27NS4. The van der Waals surface area contributed by atoms with Crippen molar-refractivity contribution in [3.63, 3.8) is 0 Å². The zero-order valence-electron chi connectivity index (χ0n) is 28.2. The van der Waals surface area contributed by atoms with Gasteiger partial charge in [-0.1, -0.05) is 109 Å². The van der Waals surface area contributed by atoms with E-state index in [2.05, 4.69) is 169 Å². The predicted octanol–water partition coefficient (Wildman–Crippen LogP) is 16.3. The van der Waals surface area contributed by atoms with E-state index in [1.54, 1.807) is 0 Å². The number of thiophene rings is 4. The smallest absolute Gasteiger partial charge is 0.0640 e. The SMILES string of the molecule is c1ccc2c(c1)sc1c(N(c3ccc(-c4cccc5sc6ccc7c8ccccc8sc7c6c45)cc3)c3cccc4c3sc3ccccc34)cccc12. The van der Waals surface area contributed by atoms with Crippen LogP contribution in [0.2, 0.25) is 0 Å². The molecule has 4 aromatic heterocycles. The van der Waals surface area contributed by atoms with Gasteiger partial charge in [0.05, 0.1) is 20.8 Å². The van der Waals surface area contributed by atoms with E-state index in [9.17, 15) is 0 Å². The quantitative estimate of drug-likeness (QED) is 0.173. The van der Waals surface area contributed by atoms with Crippen LogP contribution in [-0.2, 0) is 0 Å². The van der Waals surface area contributed by atoms with Gasteiger partial charge in [-0.05, 0) is 65.7 Å². The second-order valence-corrected chi connectivity index (χ2v) is 17.8. The van der Waals surface area contributed by atoms with E-state index in [-0.39, 0.29) is 0 Å². The molecule has 4 heterocycles. The van der Waals surface area contributed by atoms with Gasteiger partial charge >= 0.3 is 0 Å². The molecule has 0 fully saturated rings. The van der Waals surface area contributed by atoms with Crippen LogP contribution in [0.3, 0.4) is 0 Å². The Morgan fingerprint density at radius 2 is 0.774 bits per heavy atom. The summed E-state index contributed by atoms with van der Waals surface area (Å²) < 4.78 is 10.7. The van der Waals surface area contributed by atoms with E-state index in [1.165, 1.54) is 103 Å². The zero-order chi connectivity index (χ0) is 34.6. The van der Waals surface area contributed by atoms with Crippen LogP contribution in [0.25, 0.3) is 91.8 Å². The number of hydrogen-bond acceptors (Lipinski definition) is 5. The Labute approximate surface area is 320 Å². The van der Waals surface area contributed by atoms with Crippen molar-refractivity contribution in [2.24, 2.45) is 0 Å². The third-order valence-corrected chi connectivity index (χ3v) is 15.4. The summed E-state index contributed by atoms with van der Waals surface area (Å²) in [6, 6.07) is 60.8. The van der Waals surface area contributed by atoms with Crippen LogP contribution in [0.1, 0.15) is 0 Å². The summed E-state index contributed by atoms with van der Waals surface area (Å²) in [5.41, 5.74) is 6.09. The molecule has 53 heavy (non-hydrogen) atoms. The van der Waals surface area contributed by atoms with Crippen LogP contribution in [-0.4, -0.2) is 0 Å². The molecule has 0 bridgehead atoms. The summed E-state index contributed by atoms with van der Waals surface area (Å²) in [4.78, 5) is 2.50. The minimum Gasteiger partial charge on any atom is -0.308 e. The van der Waals surface area contributed by atoms with E-state index < -0.39 is 0 Å². The van der Waals surface area contributed by atoms with Gasteiger partial charge in [0.1, 0.15) is 0 Å². The lowest BCUT2D eigenvalue weighted by Gasteiger charge is -2.27. The second-order valence-electron chi connectivity index (χ2n) is 13.6. The Balaban J connectivity index is 1.09. The highest BCUT2D eigenvalue weighted by Crippen LogP contribution is 2.50. The highest BCUT2D eigenvalue weighted by Gasteiger charge is 2.22. The topological polar surface area (TPSA) is 3.24 Å². The molecule has 0 saturated carbocycles. The lowest BCUT2D eigenvalue weighted by molar-refractivity contribution is 1.32. The molecule has 12 aromatic rings. The largest absolute Gasteiger partial charge is 0.308 e. The number of hydrogen-bond donors (Lipinski definition) is 0. The second kappa shape index (κ2) is 11.5. The maximum atomic E-state index is 2.50. The Kier molecular flexibility index (Phi) is 6.48. The van der Waals surface area contributed by atoms with Crippen molar-refractivity contribution in [1.29, 1.82) is 0 Å². The van der Waals surface area contributed by atoms with Gasteiger partial charge in [-0.2, -0.15) is 0 Å². The molecule has 0 saturated heterocycles. The third kappa shape index (κ3) is 4.40. The van der Waals surface area contributed by atoms with Crippen molar-refractivity contribution >= 4 is 143 Å². The minimum atomic E-state index is 1.15. The molecule has 8 aromatic carbocycles. The molecule has 0 aliphatic carbocycles. The number of nitrogens with zero attached hydrogens (tertiary/aromatic N) is 1. The number of fused-ring (bicyclic) bond motifs is 13. The van der Waals surface area contributed by atoms with Crippen molar-refractivity contribution in [3.8, 4) is 11.1 Å². The highest BCUT2D eigenvalue weighted by molar-refractivity contribution is 7.30. The summed E-state index contributed by atoms with van der Waals surface area (Å²) >= 11 is 7.60. The lowest BCUT2D eigenvalue weighted by atomic mass is 9.98. The van der Waals surface area contributed by atoms with Gasteiger partial charge in [-0.3, -0.25) is 0 Å². The average molecular weight is 746 g/mol. The molecule has 0 radical (unpaired) electrons. The predicted molar refractivity (Wildman–Crippen MR) is 238 cm³/mol. The van der Waals surface area contributed by atoms with Gasteiger partial charge in [-0.15, -0.1) is 45.3 Å². The van der Waals surface area contributed by atoms with Crippen LogP contribution >= 0.6 is 45.3 Å². The number of anilines is 3. The molecule has 0 atom stereocenters. The van der Waals surface area contributed by atoms with E-state index in [1.807, 2.05) is 45.3 Å². The normalized spacial score (nSPS) is 12.2. The molecule has 248 valence electrons. The third-order valence-electron chi connectivity index (χ3n) is 10.7. The van der Waals surface area contributed by atoms with Gasteiger partial charge in [0, 0.05) is 77.0 Å². The first-order valence-electron chi connectivity index (χ1n) is 17.7. The van der Waals surface area contributed by atoms with Crippen molar-refractivity contribution in [2.45, 2.75) is 0 Å². The molecule has 12 rings (SSSR count). The first-order chi connectivity index (χ1) is 26.3. The van der Waals surface area contributed by atoms with Crippen molar-refractivity contribution in [1.82, 2.24) is 0 Å². The Hall–Kier alpha value is -5.56. The molecular weight excluding hydrogens is 719 g/mol. The summed E-state index contributed by atoms with van der Waals surface area (Å²) in [5.74, 6) is 0. The summed E-state index contributed by atoms with van der Waals surface area (Å²) in [5, 5.41) is 10.7. The van der Waals surface area contributed by atoms with Gasteiger partial charge < -0.3 is 4.90 Å². The van der Waals surface area contributed by atoms with Crippen LogP contribution in [0, 0.1) is 0 Å². The first-order valence-corrected chi connectivity index (χ1v) is 21.0. The Morgan fingerprint density at radius 1 is 0.302 bits per heavy atom. The molecule has 0 unspecified atom stereocenters. The van der Waals surface area contributed by atoms with E-state index in [0.29, 0.717) is 0 Å². The van der Waals surface area contributed by atoms with E-state index in [4.69, 9.17) is 0 Å². The summed E-state index contributed by atoms with van der Waals surface area (Å²) in [7, 11) is 0. The molecule has 1 nitrogen and oxygen atoms in total. The van der Waals surface area contributed by atoms with Crippen molar-refractivity contribution < 1.29 is 0 Å². The average Bonchev–Trinajstić information content (AvgIpc) is 3.98. The van der Waals surface area contributed by atoms with E-state index >= 15 is 0 Å². The van der Waals surface area contributed by atoms with Crippen molar-refractivity contribution in [3.05, 3.63) is 164 Å². The maximum Gasteiger partial charge on any atom is 0.0640 e. The molecule has 0 aliphatic heterocycles. The fourth-order valence-electron chi connectivity index (χ4n) is 8.34. The monoisotopic (exact) mass is 745 g/mol. The van der Waals surface area contributed by atoms with Gasteiger partial charge in [0.25, 0.3) is 0 Å². The number of benzene rings is 8. The summed E-state index contributed by atoms with van der Waals surface area (Å²) in [6.07, 6.45) is 0. The molecule has 5 heteroatoms. The number of rotatable bonds is 4. The van der Waals surface area contributed by atoms with Crippen LogP contribution in [0.4, 0.5) is 17.1 Å². The Bertz CT molecular complexity index is 3300. The van der Waals surface area contributed by atoms with Crippen LogP contribution in [0.5, 0.6) is 0 Å². The lowest BCUT2D eigenvalue weighted by Crippen LogP contribution is -2.10. The van der Waals surface area contributed by atoms with Crippen LogP contribution < -0.4 is 4.90 Å². The fourth-order valence-corrected chi connectivity index (χ4v) is 13.2. The summed E-state index contributed by atoms with van der Waals surface area (Å²) in [6.45, 7) is 0. The zero-order valence-corrected chi connectivity index (χ0v) is 31.4. The minimum absolute atomic E-state index is 1.15. The van der Waals surface area contributed by atoms with Gasteiger partial charge in [0.15, 0.2) is 0 Å². The van der Waals surface area contributed by atoms with Gasteiger partial charge in [-0.25, -0.2) is 0 Å². The molecule has 0 amide bonds. The maximum absolute atomic E-state index is 2.50. The standard InChI is InChI=1S/C48H27NS4/c1-4-18-39-31(10-1)34-14-7-16-37(46(34)51-39)49(38-17-8-15-35-32-11-2-5-19-40(32)52-47(35)38)29-24-22-28(23-25-29)30-13-9-21-42-44(30)45-43(50-42)27-26-36-33-12-3-6-20-41(33)53-48(36)45/h1-27H.